The minimum absolute atomic E-state index is 0.0490. The first-order chi connectivity index (χ1) is 11.7. The van der Waals surface area contributed by atoms with Crippen LogP contribution in [0.15, 0.2) is 24.3 Å². The van der Waals surface area contributed by atoms with Crippen molar-refractivity contribution < 1.29 is 9.90 Å². The van der Waals surface area contributed by atoms with Gasteiger partial charge in [-0.2, -0.15) is 11.8 Å². The molecule has 2 aromatic rings. The Morgan fingerprint density at radius 1 is 1.33 bits per heavy atom. The Kier molecular flexibility index (Phi) is 5.79. The van der Waals surface area contributed by atoms with Crippen LogP contribution in [0, 0.1) is 5.92 Å². The fourth-order valence-corrected chi connectivity index (χ4v) is 3.93. The lowest BCUT2D eigenvalue weighted by molar-refractivity contribution is -0.122. The number of carbonyl (C=O) groups excluding carboxylic acids is 1. The Bertz CT molecular complexity index is 693. The standard InChI is InChI=1S/C18H25N3O2S/c1-24-12-17-20-15-4-2-3-5-16(15)21(17)10-18(23)19-14-8-6-13(11-22)7-9-14/h2-5,13-14,22H,6-12H2,1H3,(H,19,23). The summed E-state index contributed by atoms with van der Waals surface area (Å²) in [6.45, 7) is 0.579. The Hall–Kier alpha value is -1.53. The molecular formula is C18H25N3O2S. The van der Waals surface area contributed by atoms with Gasteiger partial charge in [-0.05, 0) is 50.0 Å². The molecule has 3 rings (SSSR count). The van der Waals surface area contributed by atoms with Crippen LogP contribution < -0.4 is 5.32 Å². The molecule has 1 aromatic heterocycles. The second-order valence-corrected chi connectivity index (χ2v) is 7.37. The smallest absolute Gasteiger partial charge is 0.240 e. The molecule has 0 atom stereocenters. The number of amides is 1. The highest BCUT2D eigenvalue weighted by atomic mass is 32.2. The molecule has 1 aromatic carbocycles. The van der Waals surface area contributed by atoms with Gasteiger partial charge in [0, 0.05) is 12.6 Å². The van der Waals surface area contributed by atoms with Crippen LogP contribution >= 0.6 is 11.8 Å². The van der Waals surface area contributed by atoms with E-state index in [1.807, 2.05) is 35.1 Å². The lowest BCUT2D eigenvalue weighted by atomic mass is 9.86. The van der Waals surface area contributed by atoms with Gasteiger partial charge in [0.25, 0.3) is 0 Å². The van der Waals surface area contributed by atoms with Crippen molar-refractivity contribution >= 4 is 28.7 Å². The predicted octanol–water partition coefficient (Wildman–Crippen LogP) is 2.57. The van der Waals surface area contributed by atoms with Crippen LogP contribution in [0.1, 0.15) is 31.5 Å². The molecule has 5 nitrogen and oxygen atoms in total. The van der Waals surface area contributed by atoms with Crippen molar-refractivity contribution in [3.8, 4) is 0 Å². The molecule has 0 unspecified atom stereocenters. The minimum atomic E-state index is 0.0490. The van der Waals surface area contributed by atoms with Gasteiger partial charge in [0.05, 0.1) is 16.8 Å². The van der Waals surface area contributed by atoms with Gasteiger partial charge in [-0.25, -0.2) is 4.98 Å². The summed E-state index contributed by atoms with van der Waals surface area (Å²) in [5, 5.41) is 12.4. The minimum Gasteiger partial charge on any atom is -0.396 e. The molecule has 2 N–H and O–H groups in total. The van der Waals surface area contributed by atoms with Crippen molar-refractivity contribution in [1.82, 2.24) is 14.9 Å². The molecule has 1 heterocycles. The maximum Gasteiger partial charge on any atom is 0.240 e. The summed E-state index contributed by atoms with van der Waals surface area (Å²) < 4.78 is 2.03. The first-order valence-corrected chi connectivity index (χ1v) is 9.94. The highest BCUT2D eigenvalue weighted by Crippen LogP contribution is 2.24. The Morgan fingerprint density at radius 3 is 2.79 bits per heavy atom. The fourth-order valence-electron chi connectivity index (χ4n) is 3.45. The van der Waals surface area contributed by atoms with Gasteiger partial charge >= 0.3 is 0 Å². The van der Waals surface area contributed by atoms with Gasteiger partial charge in [0.2, 0.25) is 5.91 Å². The maximum absolute atomic E-state index is 12.5. The Morgan fingerprint density at radius 2 is 2.08 bits per heavy atom. The van der Waals surface area contributed by atoms with Gasteiger partial charge in [-0.3, -0.25) is 4.79 Å². The van der Waals surface area contributed by atoms with Crippen LogP contribution in [0.2, 0.25) is 0 Å². The molecule has 1 saturated carbocycles. The number of nitrogens with one attached hydrogen (secondary N) is 1. The quantitative estimate of drug-likeness (QED) is 0.843. The molecule has 1 amide bonds. The molecule has 0 spiro atoms. The topological polar surface area (TPSA) is 67.2 Å². The summed E-state index contributed by atoms with van der Waals surface area (Å²) >= 11 is 1.71. The summed E-state index contributed by atoms with van der Waals surface area (Å²) in [6, 6.07) is 8.20. The number of aliphatic hydroxyl groups excluding tert-OH is 1. The molecule has 0 saturated heterocycles. The number of thioether (sulfide) groups is 1. The average molecular weight is 347 g/mol. The molecule has 1 aliphatic carbocycles. The van der Waals surface area contributed by atoms with Crippen LogP contribution in [0.3, 0.4) is 0 Å². The molecule has 1 aliphatic rings. The number of fused-ring (bicyclic) bond motifs is 1. The van der Waals surface area contributed by atoms with Crippen molar-refractivity contribution in [1.29, 1.82) is 0 Å². The highest BCUT2D eigenvalue weighted by Gasteiger charge is 2.22. The summed E-state index contributed by atoms with van der Waals surface area (Å²) in [4.78, 5) is 17.2. The highest BCUT2D eigenvalue weighted by molar-refractivity contribution is 7.97. The molecule has 24 heavy (non-hydrogen) atoms. The number of para-hydroxylation sites is 2. The third-order valence-electron chi connectivity index (χ3n) is 4.78. The van der Waals surface area contributed by atoms with E-state index in [9.17, 15) is 9.90 Å². The van der Waals surface area contributed by atoms with Gasteiger partial charge in [0.15, 0.2) is 0 Å². The van der Waals surface area contributed by atoms with Crippen molar-refractivity contribution in [3.05, 3.63) is 30.1 Å². The van der Waals surface area contributed by atoms with E-state index < -0.39 is 0 Å². The van der Waals surface area contributed by atoms with Gasteiger partial charge < -0.3 is 15.0 Å². The Balaban J connectivity index is 1.68. The first kappa shape index (κ1) is 17.3. The normalized spacial score (nSPS) is 21.1. The van der Waals surface area contributed by atoms with Crippen molar-refractivity contribution in [2.24, 2.45) is 5.92 Å². The predicted molar refractivity (Wildman–Crippen MR) is 97.9 cm³/mol. The number of hydrogen-bond donors (Lipinski definition) is 2. The number of imidazole rings is 1. The summed E-state index contributed by atoms with van der Waals surface area (Å²) in [5.74, 6) is 2.20. The number of aromatic nitrogens is 2. The maximum atomic E-state index is 12.5. The van der Waals surface area contributed by atoms with E-state index in [1.165, 1.54) is 0 Å². The number of carbonyl (C=O) groups is 1. The van der Waals surface area contributed by atoms with E-state index in [1.54, 1.807) is 11.8 Å². The molecule has 0 aliphatic heterocycles. The average Bonchev–Trinajstić information content (AvgIpc) is 2.93. The van der Waals surface area contributed by atoms with Crippen LogP contribution in [-0.2, 0) is 17.1 Å². The molecular weight excluding hydrogens is 322 g/mol. The molecule has 1 fully saturated rings. The van der Waals surface area contributed by atoms with Crippen LogP contribution in [0.5, 0.6) is 0 Å². The van der Waals surface area contributed by atoms with E-state index >= 15 is 0 Å². The van der Waals surface area contributed by atoms with Crippen molar-refractivity contribution in [3.63, 3.8) is 0 Å². The third kappa shape index (κ3) is 3.92. The summed E-state index contributed by atoms with van der Waals surface area (Å²) in [7, 11) is 0. The molecule has 6 heteroatoms. The third-order valence-corrected chi connectivity index (χ3v) is 5.33. The molecule has 0 radical (unpaired) electrons. The van der Waals surface area contributed by atoms with E-state index in [0.717, 1.165) is 48.3 Å². The number of benzene rings is 1. The zero-order chi connectivity index (χ0) is 16.9. The fraction of sp³-hybridized carbons (Fsp3) is 0.556. The lowest BCUT2D eigenvalue weighted by Gasteiger charge is -2.28. The largest absolute Gasteiger partial charge is 0.396 e. The monoisotopic (exact) mass is 347 g/mol. The van der Waals surface area contributed by atoms with E-state index in [-0.39, 0.29) is 18.6 Å². The van der Waals surface area contributed by atoms with Crippen LogP contribution in [0.25, 0.3) is 11.0 Å². The Labute approximate surface area is 146 Å². The van der Waals surface area contributed by atoms with Crippen molar-refractivity contribution in [2.75, 3.05) is 12.9 Å². The van der Waals surface area contributed by atoms with Gasteiger partial charge in [-0.15, -0.1) is 0 Å². The van der Waals surface area contributed by atoms with E-state index in [2.05, 4.69) is 10.3 Å². The van der Waals surface area contributed by atoms with Crippen LogP contribution in [-0.4, -0.2) is 39.5 Å². The molecule has 0 bridgehead atoms. The zero-order valence-corrected chi connectivity index (χ0v) is 14.9. The van der Waals surface area contributed by atoms with Crippen LogP contribution in [0.4, 0.5) is 0 Å². The molecule has 130 valence electrons. The van der Waals surface area contributed by atoms with Gasteiger partial charge in [-0.1, -0.05) is 12.1 Å². The second-order valence-electron chi connectivity index (χ2n) is 6.50. The number of aliphatic hydroxyl groups is 1. The summed E-state index contributed by atoms with van der Waals surface area (Å²) in [6.07, 6.45) is 5.95. The van der Waals surface area contributed by atoms with E-state index in [4.69, 9.17) is 0 Å². The van der Waals surface area contributed by atoms with Gasteiger partial charge in [0.1, 0.15) is 12.4 Å². The summed E-state index contributed by atoms with van der Waals surface area (Å²) in [5.41, 5.74) is 1.96. The van der Waals surface area contributed by atoms with E-state index in [0.29, 0.717) is 12.5 Å². The number of hydrogen-bond acceptors (Lipinski definition) is 4. The second kappa shape index (κ2) is 8.03. The first-order valence-electron chi connectivity index (χ1n) is 8.54. The number of nitrogens with zero attached hydrogens (tertiary/aromatic N) is 2. The van der Waals surface area contributed by atoms with Crippen molar-refractivity contribution in [2.45, 2.75) is 44.0 Å². The zero-order valence-electron chi connectivity index (χ0n) is 14.1. The lowest BCUT2D eigenvalue weighted by Crippen LogP contribution is -2.39. The number of rotatable bonds is 6. The SMILES string of the molecule is CSCc1nc2ccccc2n1CC(=O)NC1CCC(CO)CC1.